The summed E-state index contributed by atoms with van der Waals surface area (Å²) in [6.07, 6.45) is 1.50. The van der Waals surface area contributed by atoms with Crippen LogP contribution in [0.25, 0.3) is 10.9 Å². The number of halogens is 2. The second-order valence-corrected chi connectivity index (χ2v) is 7.57. The number of hydrogen-bond acceptors (Lipinski definition) is 6. The smallest absolute Gasteiger partial charge is 0.308 e. The van der Waals surface area contributed by atoms with Gasteiger partial charge in [-0.3, -0.25) is 9.59 Å². The molecule has 0 N–H and O–H groups in total. The van der Waals surface area contributed by atoms with Gasteiger partial charge >= 0.3 is 5.97 Å². The predicted octanol–water partition coefficient (Wildman–Crippen LogP) is 4.05. The van der Waals surface area contributed by atoms with E-state index in [1.807, 2.05) is 6.07 Å². The van der Waals surface area contributed by atoms with Crippen molar-refractivity contribution in [3.63, 3.8) is 0 Å². The van der Waals surface area contributed by atoms with Gasteiger partial charge in [0.25, 0.3) is 5.56 Å². The van der Waals surface area contributed by atoms with E-state index in [2.05, 4.69) is 41.9 Å². The van der Waals surface area contributed by atoms with E-state index in [-0.39, 0.29) is 11.3 Å². The van der Waals surface area contributed by atoms with Crippen molar-refractivity contribution in [2.45, 2.75) is 13.8 Å². The minimum absolute atomic E-state index is 0.278. The molecule has 0 aliphatic heterocycles. The predicted molar refractivity (Wildman–Crippen MR) is 113 cm³/mol. The molecule has 0 atom stereocenters. The second kappa shape index (κ2) is 8.24. The Morgan fingerprint density at radius 1 is 1.21 bits per heavy atom. The molecule has 0 spiro atoms. The second-order valence-electron chi connectivity index (χ2n) is 5.80. The maximum Gasteiger partial charge on any atom is 0.308 e. The minimum atomic E-state index is -0.456. The van der Waals surface area contributed by atoms with Crippen LogP contribution >= 0.6 is 31.9 Å². The number of rotatable bonds is 4. The highest BCUT2D eigenvalue weighted by Gasteiger charge is 2.12. The Hall–Kier alpha value is -2.52. The highest BCUT2D eigenvalue weighted by Crippen LogP contribution is 2.33. The van der Waals surface area contributed by atoms with Gasteiger partial charge < -0.3 is 9.47 Å². The van der Waals surface area contributed by atoms with Crippen molar-refractivity contribution >= 4 is 54.9 Å². The van der Waals surface area contributed by atoms with Crippen molar-refractivity contribution in [1.82, 2.24) is 9.66 Å². The summed E-state index contributed by atoms with van der Waals surface area (Å²) >= 11 is 6.78. The average molecular weight is 509 g/mol. The van der Waals surface area contributed by atoms with Crippen LogP contribution in [-0.2, 0) is 4.79 Å². The van der Waals surface area contributed by atoms with Crippen molar-refractivity contribution in [1.29, 1.82) is 0 Å². The SMILES string of the molecule is COc1cc(C=Nn2c(C)nc3ccc(Br)cc3c2=O)c(Br)cc1OC(C)=O. The fourth-order valence-electron chi connectivity index (χ4n) is 2.56. The molecule has 144 valence electrons. The van der Waals surface area contributed by atoms with E-state index in [0.717, 1.165) is 4.47 Å². The van der Waals surface area contributed by atoms with E-state index in [9.17, 15) is 9.59 Å². The molecule has 28 heavy (non-hydrogen) atoms. The first-order valence-corrected chi connectivity index (χ1v) is 9.68. The Bertz CT molecular complexity index is 1170. The zero-order valence-corrected chi connectivity index (χ0v) is 18.4. The average Bonchev–Trinajstić information content (AvgIpc) is 2.63. The van der Waals surface area contributed by atoms with Crippen molar-refractivity contribution in [2.75, 3.05) is 7.11 Å². The summed E-state index contributed by atoms with van der Waals surface area (Å²) < 4.78 is 13.0. The highest BCUT2D eigenvalue weighted by molar-refractivity contribution is 9.10. The summed E-state index contributed by atoms with van der Waals surface area (Å²) in [5.41, 5.74) is 0.957. The Morgan fingerprint density at radius 3 is 2.64 bits per heavy atom. The van der Waals surface area contributed by atoms with E-state index < -0.39 is 5.97 Å². The number of aromatic nitrogens is 2. The van der Waals surface area contributed by atoms with Crippen LogP contribution in [0.15, 0.2) is 49.2 Å². The van der Waals surface area contributed by atoms with Gasteiger partial charge in [0.2, 0.25) is 0 Å². The van der Waals surface area contributed by atoms with Crippen molar-refractivity contribution < 1.29 is 14.3 Å². The maximum atomic E-state index is 12.8. The first kappa shape index (κ1) is 20.2. The van der Waals surface area contributed by atoms with Crippen LogP contribution in [0.1, 0.15) is 18.3 Å². The molecular formula is C19H15Br2N3O4. The monoisotopic (exact) mass is 507 g/mol. The van der Waals surface area contributed by atoms with Crippen LogP contribution in [0.2, 0.25) is 0 Å². The molecule has 0 aliphatic carbocycles. The van der Waals surface area contributed by atoms with Gasteiger partial charge in [-0.2, -0.15) is 9.78 Å². The Labute approximate surface area is 177 Å². The van der Waals surface area contributed by atoms with Gasteiger partial charge in [0.1, 0.15) is 5.82 Å². The number of benzene rings is 2. The molecule has 0 saturated heterocycles. The number of hydrogen-bond donors (Lipinski definition) is 0. The third-order valence-corrected chi connectivity index (χ3v) is 5.00. The van der Waals surface area contributed by atoms with E-state index in [1.54, 1.807) is 31.2 Å². The molecule has 2 aromatic carbocycles. The number of ether oxygens (including phenoxy) is 2. The van der Waals surface area contributed by atoms with Gasteiger partial charge in [-0.05, 0) is 53.2 Å². The fourth-order valence-corrected chi connectivity index (χ4v) is 3.35. The number of methoxy groups -OCH3 is 1. The molecule has 0 saturated carbocycles. The molecular weight excluding hydrogens is 494 g/mol. The molecule has 0 bridgehead atoms. The Kier molecular flexibility index (Phi) is 5.95. The maximum absolute atomic E-state index is 12.8. The number of nitrogens with zero attached hydrogens (tertiary/aromatic N) is 3. The summed E-state index contributed by atoms with van der Waals surface area (Å²) in [5.74, 6) is 0.645. The molecule has 0 fully saturated rings. The summed E-state index contributed by atoms with van der Waals surface area (Å²) in [4.78, 5) is 28.5. The van der Waals surface area contributed by atoms with Gasteiger partial charge in [0.05, 0.1) is 24.2 Å². The van der Waals surface area contributed by atoms with Crippen LogP contribution in [0.5, 0.6) is 11.5 Å². The molecule has 3 rings (SSSR count). The number of carbonyl (C=O) groups excluding carboxylic acids is 1. The lowest BCUT2D eigenvalue weighted by Crippen LogP contribution is -2.20. The summed E-state index contributed by atoms with van der Waals surface area (Å²) in [6, 6.07) is 8.57. The van der Waals surface area contributed by atoms with E-state index in [0.29, 0.717) is 32.5 Å². The topological polar surface area (TPSA) is 82.8 Å². The summed E-state index contributed by atoms with van der Waals surface area (Å²) in [5, 5.41) is 4.75. The molecule has 0 amide bonds. The Balaban J connectivity index is 2.07. The number of esters is 1. The lowest BCUT2D eigenvalue weighted by atomic mass is 10.2. The van der Waals surface area contributed by atoms with E-state index in [4.69, 9.17) is 9.47 Å². The first-order valence-electron chi connectivity index (χ1n) is 8.09. The lowest BCUT2D eigenvalue weighted by Gasteiger charge is -2.10. The Morgan fingerprint density at radius 2 is 1.96 bits per heavy atom. The highest BCUT2D eigenvalue weighted by atomic mass is 79.9. The molecule has 7 nitrogen and oxygen atoms in total. The van der Waals surface area contributed by atoms with Gasteiger partial charge in [0, 0.05) is 21.4 Å². The molecule has 0 radical (unpaired) electrons. The van der Waals surface area contributed by atoms with Crippen molar-refractivity contribution in [3.8, 4) is 11.5 Å². The molecule has 9 heteroatoms. The quantitative estimate of drug-likeness (QED) is 0.301. The van der Waals surface area contributed by atoms with Crippen molar-refractivity contribution in [3.05, 3.63) is 61.0 Å². The van der Waals surface area contributed by atoms with Gasteiger partial charge in [-0.15, -0.1) is 0 Å². The standard InChI is InChI=1S/C19H15Br2N3O4/c1-10-23-16-5-4-13(20)7-14(16)19(26)24(10)22-9-12-6-17(27-3)18(8-15(12)21)28-11(2)25/h4-9H,1-3H3. The van der Waals surface area contributed by atoms with E-state index in [1.165, 1.54) is 24.9 Å². The summed E-state index contributed by atoms with van der Waals surface area (Å²) in [7, 11) is 1.47. The van der Waals surface area contributed by atoms with E-state index >= 15 is 0 Å². The molecule has 3 aromatic rings. The van der Waals surface area contributed by atoms with Gasteiger partial charge in [0.15, 0.2) is 11.5 Å². The number of aryl methyl sites for hydroxylation is 1. The van der Waals surface area contributed by atoms with Gasteiger partial charge in [-0.1, -0.05) is 15.9 Å². The molecule has 0 aliphatic rings. The normalized spacial score (nSPS) is 11.2. The van der Waals surface area contributed by atoms with Crippen molar-refractivity contribution in [2.24, 2.45) is 5.10 Å². The number of fused-ring (bicyclic) bond motifs is 1. The summed E-state index contributed by atoms with van der Waals surface area (Å²) in [6.45, 7) is 3.02. The van der Waals surface area contributed by atoms with Crippen LogP contribution in [0, 0.1) is 6.92 Å². The largest absolute Gasteiger partial charge is 0.493 e. The van der Waals surface area contributed by atoms with Crippen LogP contribution in [0.4, 0.5) is 0 Å². The molecule has 1 aromatic heterocycles. The zero-order valence-electron chi connectivity index (χ0n) is 15.2. The molecule has 0 unspecified atom stereocenters. The number of carbonyl (C=O) groups is 1. The van der Waals surface area contributed by atoms with Crippen LogP contribution in [0.3, 0.4) is 0 Å². The lowest BCUT2D eigenvalue weighted by molar-refractivity contribution is -0.132. The minimum Gasteiger partial charge on any atom is -0.493 e. The first-order chi connectivity index (χ1) is 13.3. The van der Waals surface area contributed by atoms with Crippen LogP contribution in [-0.4, -0.2) is 29.0 Å². The third-order valence-electron chi connectivity index (χ3n) is 3.82. The fraction of sp³-hybridized carbons (Fsp3) is 0.158. The van der Waals surface area contributed by atoms with Gasteiger partial charge in [-0.25, -0.2) is 4.98 Å². The molecule has 1 heterocycles. The zero-order chi connectivity index (χ0) is 20.4. The third kappa shape index (κ3) is 4.15. The van der Waals surface area contributed by atoms with Crippen LogP contribution < -0.4 is 15.0 Å².